The van der Waals surface area contributed by atoms with Crippen molar-refractivity contribution in [3.8, 4) is 0 Å². The van der Waals surface area contributed by atoms with Gasteiger partial charge in [0.15, 0.2) is 0 Å². The number of sulfonamides is 1. The van der Waals surface area contributed by atoms with E-state index in [9.17, 15) is 26.7 Å². The molecule has 20 heavy (non-hydrogen) atoms. The number of aliphatic hydroxyl groups is 1. The Morgan fingerprint density at radius 3 is 2.30 bits per heavy atom. The third-order valence-electron chi connectivity index (χ3n) is 3.74. The van der Waals surface area contributed by atoms with Crippen LogP contribution >= 0.6 is 0 Å². The molecule has 2 atom stereocenters. The first-order valence-corrected chi connectivity index (χ1v) is 8.54. The zero-order chi connectivity index (χ0) is 15.2. The molecule has 0 spiro atoms. The molecule has 120 valence electrons. The van der Waals surface area contributed by atoms with Crippen molar-refractivity contribution in [2.45, 2.75) is 44.7 Å². The second-order valence-electron chi connectivity index (χ2n) is 5.37. The van der Waals surface area contributed by atoms with Gasteiger partial charge in [-0.25, -0.2) is 13.1 Å². The molecule has 0 aromatic rings. The first kappa shape index (κ1) is 17.7. The number of hydrogen-bond acceptors (Lipinski definition) is 3. The lowest BCUT2D eigenvalue weighted by molar-refractivity contribution is -0.134. The Kier molecular flexibility index (Phi) is 6.74. The quantitative estimate of drug-likeness (QED) is 0.755. The molecule has 0 radical (unpaired) electrons. The Hall–Kier alpha value is -0.340. The van der Waals surface area contributed by atoms with Gasteiger partial charge in [0, 0.05) is 19.6 Å². The summed E-state index contributed by atoms with van der Waals surface area (Å²) in [6, 6.07) is 0. The van der Waals surface area contributed by atoms with Crippen LogP contribution in [0.5, 0.6) is 0 Å². The lowest BCUT2D eigenvalue weighted by atomic mass is 9.80. The molecular weight excluding hydrogens is 295 g/mol. The summed E-state index contributed by atoms with van der Waals surface area (Å²) in [6.07, 6.45) is -2.09. The van der Waals surface area contributed by atoms with Gasteiger partial charge in [-0.05, 0) is 31.1 Å². The van der Waals surface area contributed by atoms with Crippen LogP contribution in [-0.4, -0.2) is 38.6 Å². The maximum absolute atomic E-state index is 12.0. The van der Waals surface area contributed by atoms with Crippen LogP contribution in [0.4, 0.5) is 13.2 Å². The van der Waals surface area contributed by atoms with Crippen molar-refractivity contribution in [1.29, 1.82) is 0 Å². The van der Waals surface area contributed by atoms with E-state index in [1.807, 2.05) is 0 Å². The van der Waals surface area contributed by atoms with Gasteiger partial charge in [0.25, 0.3) is 0 Å². The van der Waals surface area contributed by atoms with Crippen molar-refractivity contribution in [2.75, 3.05) is 18.9 Å². The summed E-state index contributed by atoms with van der Waals surface area (Å²) in [5, 5.41) is 9.22. The number of alkyl halides is 3. The molecule has 0 bridgehead atoms. The highest BCUT2D eigenvalue weighted by molar-refractivity contribution is 7.89. The molecule has 1 aliphatic carbocycles. The fraction of sp³-hybridized carbons (Fsp3) is 1.00. The van der Waals surface area contributed by atoms with Gasteiger partial charge in [-0.3, -0.25) is 0 Å². The highest BCUT2D eigenvalue weighted by Gasteiger charge is 2.28. The topological polar surface area (TPSA) is 66.4 Å². The Morgan fingerprint density at radius 2 is 1.75 bits per heavy atom. The first-order valence-electron chi connectivity index (χ1n) is 6.88. The van der Waals surface area contributed by atoms with E-state index in [-0.39, 0.29) is 25.0 Å². The van der Waals surface area contributed by atoms with Gasteiger partial charge in [0.05, 0.1) is 5.75 Å². The molecule has 1 fully saturated rings. The van der Waals surface area contributed by atoms with Crippen LogP contribution in [0.1, 0.15) is 38.5 Å². The SMILES string of the molecule is O=S(=O)(CCCC(F)(F)F)NCC1CCCCC1CO. The maximum atomic E-state index is 12.0. The minimum Gasteiger partial charge on any atom is -0.396 e. The monoisotopic (exact) mass is 317 g/mol. The molecule has 0 amide bonds. The lowest BCUT2D eigenvalue weighted by Gasteiger charge is -2.30. The molecular formula is C12H22F3NO3S. The zero-order valence-corrected chi connectivity index (χ0v) is 12.1. The van der Waals surface area contributed by atoms with E-state index in [4.69, 9.17) is 0 Å². The summed E-state index contributed by atoms with van der Waals surface area (Å²) in [6.45, 7) is 0.236. The highest BCUT2D eigenvalue weighted by Crippen LogP contribution is 2.29. The van der Waals surface area contributed by atoms with E-state index in [1.165, 1.54) is 0 Å². The van der Waals surface area contributed by atoms with Crippen LogP contribution in [0.3, 0.4) is 0 Å². The molecule has 0 aromatic carbocycles. The standard InChI is InChI=1S/C12H22F3NO3S/c13-12(14,15)6-3-7-20(18,19)16-8-10-4-1-2-5-11(10)9-17/h10-11,16-17H,1-9H2. The summed E-state index contributed by atoms with van der Waals surface area (Å²) >= 11 is 0. The van der Waals surface area contributed by atoms with Gasteiger partial charge in [-0.2, -0.15) is 13.2 Å². The molecule has 2 unspecified atom stereocenters. The molecule has 1 rings (SSSR count). The van der Waals surface area contributed by atoms with Crippen molar-refractivity contribution in [2.24, 2.45) is 11.8 Å². The van der Waals surface area contributed by atoms with E-state index >= 15 is 0 Å². The predicted molar refractivity (Wildman–Crippen MR) is 69.6 cm³/mol. The van der Waals surface area contributed by atoms with Crippen molar-refractivity contribution >= 4 is 10.0 Å². The average molecular weight is 317 g/mol. The molecule has 1 saturated carbocycles. The summed E-state index contributed by atoms with van der Waals surface area (Å²) in [5.41, 5.74) is 0. The van der Waals surface area contributed by atoms with Crippen molar-refractivity contribution < 1.29 is 26.7 Å². The predicted octanol–water partition coefficient (Wildman–Crippen LogP) is 2.05. The molecule has 1 aliphatic rings. The van der Waals surface area contributed by atoms with Crippen LogP contribution < -0.4 is 4.72 Å². The number of rotatable bonds is 7. The zero-order valence-electron chi connectivity index (χ0n) is 11.3. The molecule has 0 saturated heterocycles. The van der Waals surface area contributed by atoms with Gasteiger partial charge in [-0.1, -0.05) is 12.8 Å². The van der Waals surface area contributed by atoms with Crippen LogP contribution in [-0.2, 0) is 10.0 Å². The third-order valence-corrected chi connectivity index (χ3v) is 5.17. The largest absolute Gasteiger partial charge is 0.396 e. The average Bonchev–Trinajstić information content (AvgIpc) is 2.35. The van der Waals surface area contributed by atoms with E-state index < -0.39 is 34.8 Å². The Balaban J connectivity index is 2.35. The lowest BCUT2D eigenvalue weighted by Crippen LogP contribution is -2.36. The van der Waals surface area contributed by atoms with Crippen LogP contribution in [0.25, 0.3) is 0 Å². The minimum absolute atomic E-state index is 0.0282. The van der Waals surface area contributed by atoms with Crippen molar-refractivity contribution in [1.82, 2.24) is 4.72 Å². The van der Waals surface area contributed by atoms with Gasteiger partial charge in [0.1, 0.15) is 0 Å². The van der Waals surface area contributed by atoms with E-state index in [0.717, 1.165) is 25.7 Å². The Labute approximate surface area is 117 Å². The fourth-order valence-corrected chi connectivity index (χ4v) is 3.70. The van der Waals surface area contributed by atoms with E-state index in [0.29, 0.717) is 0 Å². The smallest absolute Gasteiger partial charge is 0.389 e. The molecule has 0 aromatic heterocycles. The Morgan fingerprint density at radius 1 is 1.15 bits per heavy atom. The molecule has 2 N–H and O–H groups in total. The summed E-state index contributed by atoms with van der Waals surface area (Å²) in [5.74, 6) is -0.351. The number of hydrogen-bond donors (Lipinski definition) is 2. The maximum Gasteiger partial charge on any atom is 0.389 e. The summed E-state index contributed by atoms with van der Waals surface area (Å²) in [4.78, 5) is 0. The molecule has 4 nitrogen and oxygen atoms in total. The molecule has 8 heteroatoms. The fourth-order valence-electron chi connectivity index (χ4n) is 2.56. The molecule has 0 heterocycles. The van der Waals surface area contributed by atoms with Crippen LogP contribution in [0, 0.1) is 11.8 Å². The van der Waals surface area contributed by atoms with Gasteiger partial charge < -0.3 is 5.11 Å². The van der Waals surface area contributed by atoms with E-state index in [1.54, 1.807) is 0 Å². The first-order chi connectivity index (χ1) is 9.23. The number of nitrogens with one attached hydrogen (secondary N) is 1. The summed E-state index contributed by atoms with van der Waals surface area (Å²) in [7, 11) is -3.67. The van der Waals surface area contributed by atoms with E-state index in [2.05, 4.69) is 4.72 Å². The Bertz CT molecular complexity index is 384. The van der Waals surface area contributed by atoms with Gasteiger partial charge in [0.2, 0.25) is 10.0 Å². The molecule has 0 aliphatic heterocycles. The van der Waals surface area contributed by atoms with Crippen LogP contribution in [0.2, 0.25) is 0 Å². The number of aliphatic hydroxyl groups excluding tert-OH is 1. The number of halogens is 3. The minimum atomic E-state index is -4.32. The van der Waals surface area contributed by atoms with Gasteiger partial charge in [-0.15, -0.1) is 0 Å². The van der Waals surface area contributed by atoms with Crippen molar-refractivity contribution in [3.05, 3.63) is 0 Å². The summed E-state index contributed by atoms with van der Waals surface area (Å²) < 4.78 is 61.5. The normalized spacial score (nSPS) is 24.8. The second-order valence-corrected chi connectivity index (χ2v) is 7.30. The van der Waals surface area contributed by atoms with Gasteiger partial charge >= 0.3 is 6.18 Å². The highest BCUT2D eigenvalue weighted by atomic mass is 32.2. The second kappa shape index (κ2) is 7.61. The van der Waals surface area contributed by atoms with Crippen LogP contribution in [0.15, 0.2) is 0 Å². The third kappa shape index (κ3) is 6.90. The van der Waals surface area contributed by atoms with Crippen molar-refractivity contribution in [3.63, 3.8) is 0 Å².